The lowest BCUT2D eigenvalue weighted by Crippen LogP contribution is -2.26. The van der Waals surface area contributed by atoms with Crippen molar-refractivity contribution < 1.29 is 4.74 Å². The van der Waals surface area contributed by atoms with Crippen LogP contribution in [0.5, 0.6) is 11.6 Å². The monoisotopic (exact) mass is 1090 g/mol. The van der Waals surface area contributed by atoms with Crippen molar-refractivity contribution in [3.63, 3.8) is 0 Å². The van der Waals surface area contributed by atoms with Crippen LogP contribution >= 0.6 is 0 Å². The van der Waals surface area contributed by atoms with Crippen LogP contribution in [-0.2, 0) is 21.7 Å². The molecule has 2 radical (unpaired) electrons. The summed E-state index contributed by atoms with van der Waals surface area (Å²) >= 11 is 0. The van der Waals surface area contributed by atoms with Gasteiger partial charge in [0.05, 0.1) is 39.5 Å². The first-order chi connectivity index (χ1) is 39.7. The number of hydrogen-bond acceptors (Lipinski definition) is 7. The molecule has 10 heteroatoms. The van der Waals surface area contributed by atoms with Crippen molar-refractivity contribution >= 4 is 70.1 Å². The molecule has 11 rings (SSSR count). The van der Waals surface area contributed by atoms with Crippen LogP contribution in [0, 0.1) is 0 Å². The van der Waals surface area contributed by atoms with Crippen LogP contribution in [0.25, 0.3) is 49.8 Å². The van der Waals surface area contributed by atoms with Gasteiger partial charge >= 0.3 is 0 Å². The fourth-order valence-electron chi connectivity index (χ4n) is 11.4. The summed E-state index contributed by atoms with van der Waals surface area (Å²) in [6, 6.07) is 44.3. The Morgan fingerprint density at radius 1 is 0.506 bits per heavy atom. The molecule has 83 heavy (non-hydrogen) atoms. The molecule has 6 heterocycles. The minimum absolute atomic E-state index is 0.0370. The van der Waals surface area contributed by atoms with Crippen molar-refractivity contribution in [1.82, 2.24) is 25.2 Å². The van der Waals surface area contributed by atoms with E-state index in [0.29, 0.717) is 18.3 Å². The molecule has 2 N–H and O–H groups in total. The molecule has 5 aromatic carbocycles. The Labute approximate surface area is 493 Å². The summed E-state index contributed by atoms with van der Waals surface area (Å²) in [5, 5.41) is 8.84. The SMILES string of the molecule is CC(C)(C)c1ccnc(-n2c3ccc(C(C)(C)C)cc3c3ccc(Oc4cc(N5CN(c6c(/C7=C/C=C\N/C=C\C=C/[B]7)cccc6/C6=C/C=C\N/C=C\C=C/[B]6)c6ccccc65)cc(-c5c(C(C)(C)C)cccc5C(C)(C)C)n4)cc32)c1. The van der Waals surface area contributed by atoms with E-state index in [9.17, 15) is 0 Å². The third-order valence-electron chi connectivity index (χ3n) is 15.7. The number of ether oxygens (including phenoxy) is 1. The summed E-state index contributed by atoms with van der Waals surface area (Å²) in [6.45, 7) is 27.8. The van der Waals surface area contributed by atoms with Gasteiger partial charge in [-0.15, -0.1) is 12.0 Å². The third-order valence-corrected chi connectivity index (χ3v) is 15.7. The molecule has 8 nitrogen and oxygen atoms in total. The molecule has 3 aromatic heterocycles. The summed E-state index contributed by atoms with van der Waals surface area (Å²) in [5.74, 6) is 6.24. The van der Waals surface area contributed by atoms with Gasteiger partial charge in [-0.1, -0.05) is 173 Å². The number of aromatic nitrogens is 3. The van der Waals surface area contributed by atoms with Crippen molar-refractivity contribution in [2.24, 2.45) is 0 Å². The van der Waals surface area contributed by atoms with Gasteiger partial charge in [-0.05, 0) is 134 Å². The molecular formula is C73H75B2N7O. The number of rotatable bonds is 8. The van der Waals surface area contributed by atoms with E-state index in [1.165, 1.54) is 27.6 Å². The van der Waals surface area contributed by atoms with Gasteiger partial charge in [0.25, 0.3) is 0 Å². The second-order valence-corrected chi connectivity index (χ2v) is 25.8. The summed E-state index contributed by atoms with van der Waals surface area (Å²) in [6.07, 6.45) is 26.3. The van der Waals surface area contributed by atoms with E-state index >= 15 is 0 Å². The van der Waals surface area contributed by atoms with Crippen molar-refractivity contribution in [3.05, 3.63) is 246 Å². The fraction of sp³-hybridized carbons (Fsp3) is 0.233. The molecule has 414 valence electrons. The second-order valence-electron chi connectivity index (χ2n) is 25.8. The van der Waals surface area contributed by atoms with E-state index in [-0.39, 0.29) is 21.7 Å². The summed E-state index contributed by atoms with van der Waals surface area (Å²) in [4.78, 5) is 15.5. The van der Waals surface area contributed by atoms with Crippen LogP contribution in [0.15, 0.2) is 213 Å². The quantitative estimate of drug-likeness (QED) is 0.147. The number of anilines is 4. The molecule has 0 saturated carbocycles. The van der Waals surface area contributed by atoms with E-state index in [0.717, 1.165) is 78.3 Å². The van der Waals surface area contributed by atoms with Gasteiger partial charge in [0.2, 0.25) is 5.88 Å². The van der Waals surface area contributed by atoms with E-state index in [2.05, 4.69) is 292 Å². The Morgan fingerprint density at radius 3 is 1.71 bits per heavy atom. The standard InChI is InChI=1S/C73H75B2N7O/c1-70(2,3)49-31-34-62-56(43-49)53-33-32-52(47-65(53)82(62)66-44-50(35-42-78-66)71(4,5)6)83-67-46-51(45-61(79-67)68-57(72(7,8)9)25-20-26-58(68)73(10,11)12)80-48-81(64-30-14-13-29-63(64)80)69-54(59-27-21-40-76-38-17-15-36-74-59)23-19-24-55(69)60-28-22-41-77-39-18-16-37-75-60/h13-47,76-77H,48H2,1-12H3/b36-15-,37-16-,38-17-,39-18-,40-21-,41-22-,59-27-,60-28-. The maximum Gasteiger partial charge on any atom is 0.221 e. The Balaban J connectivity index is 1.12. The third kappa shape index (κ3) is 11.7. The summed E-state index contributed by atoms with van der Waals surface area (Å²) in [5.41, 5.74) is 17.0. The molecule has 3 aliphatic rings. The fourth-order valence-corrected chi connectivity index (χ4v) is 11.4. The predicted molar refractivity (Wildman–Crippen MR) is 354 cm³/mol. The van der Waals surface area contributed by atoms with Gasteiger partial charge in [-0.2, -0.15) is 0 Å². The van der Waals surface area contributed by atoms with Crippen LogP contribution in [0.1, 0.15) is 116 Å². The largest absolute Gasteiger partial charge is 0.439 e. The normalized spacial score (nSPS) is 18.5. The maximum atomic E-state index is 7.27. The molecule has 0 fully saturated rings. The molecular weight excluding hydrogens is 1010 g/mol. The van der Waals surface area contributed by atoms with Gasteiger partial charge in [0.1, 0.15) is 18.2 Å². The van der Waals surface area contributed by atoms with Gasteiger partial charge in [-0.25, -0.2) is 9.97 Å². The van der Waals surface area contributed by atoms with E-state index in [1.54, 1.807) is 0 Å². The molecule has 0 amide bonds. The lowest BCUT2D eigenvalue weighted by Gasteiger charge is -2.31. The molecule has 0 atom stereocenters. The zero-order valence-corrected chi connectivity index (χ0v) is 50.2. The second kappa shape index (κ2) is 22.5. The number of para-hydroxylation sites is 3. The highest BCUT2D eigenvalue weighted by Crippen LogP contribution is 2.50. The Bertz CT molecular complexity index is 3940. The average Bonchev–Trinajstić information content (AvgIpc) is 3.97. The van der Waals surface area contributed by atoms with Crippen LogP contribution in [0.4, 0.5) is 22.7 Å². The van der Waals surface area contributed by atoms with Crippen LogP contribution < -0.4 is 25.2 Å². The minimum Gasteiger partial charge on any atom is -0.439 e. The average molecular weight is 1090 g/mol. The Kier molecular flexibility index (Phi) is 15.2. The number of nitrogens with one attached hydrogen (secondary N) is 2. The number of fused-ring (bicyclic) bond motifs is 4. The van der Waals surface area contributed by atoms with Gasteiger partial charge in [0.15, 0.2) is 14.6 Å². The van der Waals surface area contributed by atoms with Gasteiger partial charge in [-0.3, -0.25) is 4.57 Å². The molecule has 0 unspecified atom stereocenters. The van der Waals surface area contributed by atoms with Gasteiger partial charge < -0.3 is 25.2 Å². The molecule has 3 aliphatic heterocycles. The Hall–Kier alpha value is -8.75. The molecule has 0 spiro atoms. The van der Waals surface area contributed by atoms with Gasteiger partial charge in [0, 0.05) is 59.5 Å². The van der Waals surface area contributed by atoms with Crippen molar-refractivity contribution in [1.29, 1.82) is 0 Å². The van der Waals surface area contributed by atoms with E-state index < -0.39 is 0 Å². The number of pyridine rings is 2. The highest BCUT2D eigenvalue weighted by Gasteiger charge is 2.34. The van der Waals surface area contributed by atoms with Crippen molar-refractivity contribution in [3.8, 4) is 28.7 Å². The summed E-state index contributed by atoms with van der Waals surface area (Å²) in [7, 11) is 4.39. The maximum absolute atomic E-state index is 7.27. The van der Waals surface area contributed by atoms with E-state index in [4.69, 9.17) is 14.7 Å². The van der Waals surface area contributed by atoms with Crippen molar-refractivity contribution in [2.45, 2.75) is 105 Å². The number of hydrogen-bond donors (Lipinski definition) is 2. The van der Waals surface area contributed by atoms with Crippen molar-refractivity contribution in [2.75, 3.05) is 16.5 Å². The topological polar surface area (TPSA) is 70.5 Å². The lowest BCUT2D eigenvalue weighted by atomic mass is 9.63. The van der Waals surface area contributed by atoms with Crippen LogP contribution in [0.3, 0.4) is 0 Å². The zero-order chi connectivity index (χ0) is 58.3. The van der Waals surface area contributed by atoms with E-state index in [1.807, 2.05) is 43.1 Å². The zero-order valence-electron chi connectivity index (χ0n) is 50.2. The number of nitrogens with zero attached hydrogens (tertiary/aromatic N) is 5. The van der Waals surface area contributed by atoms with Crippen LogP contribution in [0.2, 0.25) is 0 Å². The predicted octanol–water partition coefficient (Wildman–Crippen LogP) is 17.8. The Morgan fingerprint density at radius 2 is 1.10 bits per heavy atom. The summed E-state index contributed by atoms with van der Waals surface area (Å²) < 4.78 is 9.57. The number of benzene rings is 5. The lowest BCUT2D eigenvalue weighted by molar-refractivity contribution is 0.464. The highest BCUT2D eigenvalue weighted by molar-refractivity contribution is 6.67. The minimum atomic E-state index is -0.203. The number of allylic oxidation sites excluding steroid dienone is 8. The highest BCUT2D eigenvalue weighted by atomic mass is 16.5. The smallest absolute Gasteiger partial charge is 0.221 e. The molecule has 0 bridgehead atoms. The molecule has 0 saturated heterocycles. The van der Waals surface area contributed by atoms with Crippen LogP contribution in [-0.4, -0.2) is 35.8 Å². The molecule has 0 aliphatic carbocycles. The molecule has 8 aromatic rings. The first-order valence-corrected chi connectivity index (χ1v) is 29.0. The first-order valence-electron chi connectivity index (χ1n) is 29.0. The first kappa shape index (κ1) is 56.1.